The van der Waals surface area contributed by atoms with E-state index in [0.717, 1.165) is 10.5 Å². The maximum Gasteiger partial charge on any atom is 0.266 e. The number of nitrogens with one attached hydrogen (secondary N) is 1. The van der Waals surface area contributed by atoms with Crippen LogP contribution in [0.4, 0.5) is 11.4 Å². The van der Waals surface area contributed by atoms with Crippen LogP contribution >= 0.6 is 0 Å². The Labute approximate surface area is 188 Å². The lowest BCUT2D eigenvalue weighted by molar-refractivity contribution is -0.116. The number of carbonyl (C=O) groups is 3. The Bertz CT molecular complexity index is 1330. The van der Waals surface area contributed by atoms with Crippen molar-refractivity contribution in [2.75, 3.05) is 10.2 Å². The highest BCUT2D eigenvalue weighted by Gasteiger charge is 2.36. The summed E-state index contributed by atoms with van der Waals surface area (Å²) in [5.41, 5.74) is 2.30. The summed E-state index contributed by atoms with van der Waals surface area (Å²) in [7, 11) is 0. The maximum absolute atomic E-state index is 12.7. The highest BCUT2D eigenvalue weighted by atomic mass is 16.5. The molecule has 162 valence electrons. The number of nitrogens with zero attached hydrogens (tertiary/aromatic N) is 4. The molecule has 4 aromatic rings. The van der Waals surface area contributed by atoms with Gasteiger partial charge in [0.2, 0.25) is 17.6 Å². The molecule has 1 N–H and O–H groups in total. The molecule has 0 atom stereocenters. The van der Waals surface area contributed by atoms with Crippen LogP contribution in [0, 0.1) is 0 Å². The fourth-order valence-electron chi connectivity index (χ4n) is 3.56. The number of aromatic nitrogens is 3. The summed E-state index contributed by atoms with van der Waals surface area (Å²) >= 11 is 0. The van der Waals surface area contributed by atoms with Gasteiger partial charge in [-0.05, 0) is 42.5 Å². The minimum atomic E-state index is -0.389. The van der Waals surface area contributed by atoms with Gasteiger partial charge in [-0.1, -0.05) is 23.4 Å². The Morgan fingerprint density at radius 1 is 0.970 bits per heavy atom. The summed E-state index contributed by atoms with van der Waals surface area (Å²) in [5.74, 6) is -0.300. The molecular weight excluding hydrogens is 422 g/mol. The number of pyridine rings is 1. The van der Waals surface area contributed by atoms with E-state index in [2.05, 4.69) is 20.4 Å². The predicted molar refractivity (Wildman–Crippen MR) is 119 cm³/mol. The first-order chi connectivity index (χ1) is 16.1. The quantitative estimate of drug-likeness (QED) is 0.457. The SMILES string of the molecule is O=C(CCc1nc(-c2cccnc2)no1)Nc1cccc(N2C(=O)c3ccccc3C2=O)c1. The maximum atomic E-state index is 12.7. The molecule has 5 rings (SSSR count). The van der Waals surface area contributed by atoms with Crippen molar-refractivity contribution in [3.8, 4) is 11.4 Å². The van der Waals surface area contributed by atoms with Gasteiger partial charge in [0, 0.05) is 36.5 Å². The molecule has 9 heteroatoms. The molecule has 1 aliphatic rings. The number of imide groups is 1. The molecule has 0 unspecified atom stereocenters. The van der Waals surface area contributed by atoms with E-state index < -0.39 is 0 Å². The summed E-state index contributed by atoms with van der Waals surface area (Å²) < 4.78 is 5.21. The molecule has 3 amide bonds. The largest absolute Gasteiger partial charge is 0.339 e. The van der Waals surface area contributed by atoms with E-state index in [1.54, 1.807) is 67.0 Å². The summed E-state index contributed by atoms with van der Waals surface area (Å²) in [6, 6.07) is 16.9. The van der Waals surface area contributed by atoms with E-state index >= 15 is 0 Å². The number of hydrogen-bond acceptors (Lipinski definition) is 7. The lowest BCUT2D eigenvalue weighted by atomic mass is 10.1. The molecule has 3 heterocycles. The van der Waals surface area contributed by atoms with Crippen molar-refractivity contribution in [3.05, 3.63) is 90.1 Å². The van der Waals surface area contributed by atoms with Gasteiger partial charge in [-0.3, -0.25) is 19.4 Å². The van der Waals surface area contributed by atoms with Crippen molar-refractivity contribution in [3.63, 3.8) is 0 Å². The normalized spacial score (nSPS) is 12.7. The molecule has 0 fully saturated rings. The lowest BCUT2D eigenvalue weighted by Crippen LogP contribution is -2.29. The standard InChI is InChI=1S/C24H17N5O4/c30-20(10-11-21-27-22(28-33-21)15-5-4-12-25-14-15)26-16-6-3-7-17(13-16)29-23(31)18-8-1-2-9-19(18)24(29)32/h1-9,12-14H,10-11H2,(H,26,30). The number of anilines is 2. The van der Waals surface area contributed by atoms with Crippen LogP contribution in [0.1, 0.15) is 33.0 Å². The van der Waals surface area contributed by atoms with Crippen molar-refractivity contribution in [1.82, 2.24) is 15.1 Å². The number of benzene rings is 2. The van der Waals surface area contributed by atoms with Crippen molar-refractivity contribution in [1.29, 1.82) is 0 Å². The molecule has 0 saturated heterocycles. The van der Waals surface area contributed by atoms with Crippen molar-refractivity contribution in [2.24, 2.45) is 0 Å². The first-order valence-electron chi connectivity index (χ1n) is 10.2. The molecule has 33 heavy (non-hydrogen) atoms. The first kappa shape index (κ1) is 20.3. The van der Waals surface area contributed by atoms with Gasteiger partial charge < -0.3 is 9.84 Å². The van der Waals surface area contributed by atoms with Gasteiger partial charge in [-0.2, -0.15) is 4.98 Å². The van der Waals surface area contributed by atoms with Gasteiger partial charge in [-0.25, -0.2) is 4.90 Å². The molecule has 0 spiro atoms. The van der Waals surface area contributed by atoms with Crippen LogP contribution in [0.25, 0.3) is 11.4 Å². The summed E-state index contributed by atoms with van der Waals surface area (Å²) in [6.07, 6.45) is 3.66. The van der Waals surface area contributed by atoms with Gasteiger partial charge in [0.15, 0.2) is 0 Å². The smallest absolute Gasteiger partial charge is 0.266 e. The monoisotopic (exact) mass is 439 g/mol. The highest BCUT2D eigenvalue weighted by Crippen LogP contribution is 2.29. The fourth-order valence-corrected chi connectivity index (χ4v) is 3.56. The fraction of sp³-hybridized carbons (Fsp3) is 0.0833. The number of fused-ring (bicyclic) bond motifs is 1. The molecule has 2 aromatic heterocycles. The molecule has 0 bridgehead atoms. The van der Waals surface area contributed by atoms with Crippen LogP contribution in [0.3, 0.4) is 0 Å². The first-order valence-corrected chi connectivity index (χ1v) is 10.2. The Hall–Kier alpha value is -4.66. The van der Waals surface area contributed by atoms with Crippen LogP contribution in [0.15, 0.2) is 77.6 Å². The van der Waals surface area contributed by atoms with Crippen molar-refractivity contribution < 1.29 is 18.9 Å². The van der Waals surface area contributed by atoms with E-state index in [0.29, 0.717) is 34.2 Å². The van der Waals surface area contributed by atoms with Gasteiger partial charge >= 0.3 is 0 Å². The summed E-state index contributed by atoms with van der Waals surface area (Å²) in [4.78, 5) is 47.2. The van der Waals surface area contributed by atoms with Crippen LogP contribution in [-0.2, 0) is 11.2 Å². The average molecular weight is 439 g/mol. The minimum absolute atomic E-state index is 0.117. The van der Waals surface area contributed by atoms with E-state index in [4.69, 9.17) is 4.52 Å². The summed E-state index contributed by atoms with van der Waals surface area (Å²) in [5, 5.41) is 6.69. The number of aryl methyl sites for hydroxylation is 1. The molecule has 2 aromatic carbocycles. The van der Waals surface area contributed by atoms with E-state index in [1.165, 1.54) is 0 Å². The highest BCUT2D eigenvalue weighted by molar-refractivity contribution is 6.34. The second-order valence-corrected chi connectivity index (χ2v) is 7.34. The third kappa shape index (κ3) is 3.99. The van der Waals surface area contributed by atoms with Crippen LogP contribution in [0.5, 0.6) is 0 Å². The van der Waals surface area contributed by atoms with Gasteiger partial charge in [0.25, 0.3) is 11.8 Å². The minimum Gasteiger partial charge on any atom is -0.339 e. The predicted octanol–water partition coefficient (Wildman–Crippen LogP) is 3.50. The Morgan fingerprint density at radius 3 is 2.48 bits per heavy atom. The van der Waals surface area contributed by atoms with E-state index in [-0.39, 0.29) is 30.6 Å². The van der Waals surface area contributed by atoms with Crippen molar-refractivity contribution >= 4 is 29.1 Å². The average Bonchev–Trinajstić information content (AvgIpc) is 3.42. The van der Waals surface area contributed by atoms with Gasteiger partial charge in [-0.15, -0.1) is 0 Å². The second-order valence-electron chi connectivity index (χ2n) is 7.34. The third-order valence-corrected chi connectivity index (χ3v) is 5.14. The van der Waals surface area contributed by atoms with Crippen molar-refractivity contribution in [2.45, 2.75) is 12.8 Å². The van der Waals surface area contributed by atoms with Crippen LogP contribution in [0.2, 0.25) is 0 Å². The number of amides is 3. The van der Waals surface area contributed by atoms with Crippen LogP contribution < -0.4 is 10.2 Å². The Morgan fingerprint density at radius 2 is 1.76 bits per heavy atom. The summed E-state index contributed by atoms with van der Waals surface area (Å²) in [6.45, 7) is 0. The molecule has 0 radical (unpaired) electrons. The molecular formula is C24H17N5O4. The second kappa shape index (κ2) is 8.46. The Kier molecular flexibility index (Phi) is 5.19. The number of carbonyl (C=O) groups excluding carboxylic acids is 3. The Balaban J connectivity index is 1.23. The zero-order chi connectivity index (χ0) is 22.8. The molecule has 0 aliphatic carbocycles. The third-order valence-electron chi connectivity index (χ3n) is 5.14. The van der Waals surface area contributed by atoms with E-state index in [9.17, 15) is 14.4 Å². The lowest BCUT2D eigenvalue weighted by Gasteiger charge is -2.15. The van der Waals surface area contributed by atoms with E-state index in [1.807, 2.05) is 6.07 Å². The zero-order valence-electron chi connectivity index (χ0n) is 17.3. The van der Waals surface area contributed by atoms with Gasteiger partial charge in [0.1, 0.15) is 0 Å². The number of rotatable bonds is 6. The zero-order valence-corrected chi connectivity index (χ0v) is 17.3. The molecule has 0 saturated carbocycles. The molecule has 1 aliphatic heterocycles. The van der Waals surface area contributed by atoms with Gasteiger partial charge in [0.05, 0.1) is 16.8 Å². The molecule has 9 nitrogen and oxygen atoms in total. The van der Waals surface area contributed by atoms with Crippen LogP contribution in [-0.4, -0.2) is 32.8 Å². The number of hydrogen-bond donors (Lipinski definition) is 1. The topological polar surface area (TPSA) is 118 Å².